The van der Waals surface area contributed by atoms with E-state index in [1.165, 1.54) is 18.2 Å². The van der Waals surface area contributed by atoms with Crippen molar-refractivity contribution >= 4 is 23.3 Å². The average molecular weight is 297 g/mol. The van der Waals surface area contributed by atoms with Crippen LogP contribution in [-0.2, 0) is 0 Å². The maximum absolute atomic E-state index is 13.4. The lowest BCUT2D eigenvalue weighted by atomic mass is 10.0. The summed E-state index contributed by atoms with van der Waals surface area (Å²) in [5.41, 5.74) is 0.425. The molecule has 2 amide bonds. The van der Waals surface area contributed by atoms with Crippen LogP contribution in [0.25, 0.3) is 0 Å². The fraction of sp³-hybridized carbons (Fsp3) is 0.400. The molecule has 1 aromatic carbocycles. The number of hydrogen-bond donors (Lipinski definition) is 0. The molecule has 5 heteroatoms. The lowest BCUT2D eigenvalue weighted by molar-refractivity contribution is 0.200. The Morgan fingerprint density at radius 3 is 2.85 bits per heavy atom. The third kappa shape index (κ3) is 2.66. The summed E-state index contributed by atoms with van der Waals surface area (Å²) < 4.78 is 13.4. The highest BCUT2D eigenvalue weighted by Crippen LogP contribution is 2.32. The van der Waals surface area contributed by atoms with Gasteiger partial charge in [-0.15, -0.1) is 6.58 Å². The van der Waals surface area contributed by atoms with Crippen molar-refractivity contribution in [3.8, 4) is 0 Å². The molecule has 0 radical (unpaired) electrons. The lowest BCUT2D eigenvalue weighted by Crippen LogP contribution is -2.37. The number of benzene rings is 1. The molecule has 0 spiro atoms. The van der Waals surface area contributed by atoms with Gasteiger partial charge in [-0.1, -0.05) is 31.5 Å². The molecule has 2 rings (SSSR count). The predicted octanol–water partition coefficient (Wildman–Crippen LogP) is 3.93. The van der Waals surface area contributed by atoms with Crippen molar-refractivity contribution in [3.05, 3.63) is 41.7 Å². The van der Waals surface area contributed by atoms with Gasteiger partial charge in [-0.2, -0.15) is 0 Å². The highest BCUT2D eigenvalue weighted by atomic mass is 35.5. The predicted molar refractivity (Wildman–Crippen MR) is 79.7 cm³/mol. The van der Waals surface area contributed by atoms with E-state index < -0.39 is 5.82 Å². The molecule has 1 fully saturated rings. The number of urea groups is 1. The molecule has 20 heavy (non-hydrogen) atoms. The van der Waals surface area contributed by atoms with E-state index in [0.29, 0.717) is 29.7 Å². The largest absolute Gasteiger partial charge is 0.325 e. The Morgan fingerprint density at radius 1 is 1.55 bits per heavy atom. The number of anilines is 1. The molecule has 0 aliphatic carbocycles. The second-order valence-electron chi connectivity index (χ2n) is 5.24. The molecular formula is C15H18ClFN2O. The minimum atomic E-state index is -0.402. The van der Waals surface area contributed by atoms with Gasteiger partial charge in [0, 0.05) is 13.1 Å². The Morgan fingerprint density at radius 2 is 2.25 bits per heavy atom. The topological polar surface area (TPSA) is 23.6 Å². The van der Waals surface area contributed by atoms with Gasteiger partial charge in [-0.05, 0) is 24.1 Å². The molecule has 0 aromatic heterocycles. The van der Waals surface area contributed by atoms with Crippen LogP contribution in [0, 0.1) is 11.7 Å². The lowest BCUT2D eigenvalue weighted by Gasteiger charge is -2.24. The Labute approximate surface area is 123 Å². The highest BCUT2D eigenvalue weighted by Gasteiger charge is 2.39. The van der Waals surface area contributed by atoms with Gasteiger partial charge < -0.3 is 4.90 Å². The third-order valence-corrected chi connectivity index (χ3v) is 3.86. The summed E-state index contributed by atoms with van der Waals surface area (Å²) in [4.78, 5) is 15.8. The van der Waals surface area contributed by atoms with Crippen molar-refractivity contribution in [1.29, 1.82) is 0 Å². The summed E-state index contributed by atoms with van der Waals surface area (Å²) in [5, 5.41) is 0.378. The Bertz CT molecular complexity index is 533. The first-order chi connectivity index (χ1) is 9.45. The summed E-state index contributed by atoms with van der Waals surface area (Å²) in [5.74, 6) is -0.100. The molecule has 1 aromatic rings. The average Bonchev–Trinajstić information content (AvgIpc) is 2.71. The van der Waals surface area contributed by atoms with Crippen LogP contribution in [0.1, 0.15) is 13.8 Å². The number of carbonyl (C=O) groups excluding carboxylic acids is 1. The first kappa shape index (κ1) is 14.9. The molecule has 1 saturated heterocycles. The van der Waals surface area contributed by atoms with Crippen LogP contribution in [0.5, 0.6) is 0 Å². The van der Waals surface area contributed by atoms with Crippen LogP contribution in [0.3, 0.4) is 0 Å². The maximum Gasteiger partial charge on any atom is 0.325 e. The number of rotatable bonds is 4. The van der Waals surface area contributed by atoms with Crippen molar-refractivity contribution in [3.63, 3.8) is 0 Å². The molecule has 108 valence electrons. The molecule has 1 aliphatic rings. The Kier molecular flexibility index (Phi) is 4.33. The van der Waals surface area contributed by atoms with Gasteiger partial charge in [-0.25, -0.2) is 9.18 Å². The molecule has 1 aliphatic heterocycles. The van der Waals surface area contributed by atoms with Crippen molar-refractivity contribution in [2.24, 2.45) is 5.92 Å². The maximum atomic E-state index is 13.4. The van der Waals surface area contributed by atoms with E-state index in [-0.39, 0.29) is 12.1 Å². The van der Waals surface area contributed by atoms with Crippen LogP contribution in [0.2, 0.25) is 5.02 Å². The van der Waals surface area contributed by atoms with Crippen LogP contribution in [0.15, 0.2) is 30.9 Å². The molecule has 1 atom stereocenters. The zero-order chi connectivity index (χ0) is 14.9. The van der Waals surface area contributed by atoms with Crippen LogP contribution >= 0.6 is 11.6 Å². The molecule has 3 nitrogen and oxygen atoms in total. The zero-order valence-corrected chi connectivity index (χ0v) is 12.4. The standard InChI is InChI=1S/C15H18ClFN2O/c1-4-7-18-14(10(2)3)9-19(15(18)20)13-8-11(17)5-6-12(13)16/h4-6,8,10,14H,1,7,9H2,2-3H3. The van der Waals surface area contributed by atoms with Crippen LogP contribution < -0.4 is 4.90 Å². The van der Waals surface area contributed by atoms with Gasteiger partial charge in [0.1, 0.15) is 5.82 Å². The van der Waals surface area contributed by atoms with Gasteiger partial charge >= 0.3 is 6.03 Å². The number of halogens is 2. The fourth-order valence-corrected chi connectivity index (χ4v) is 2.70. The zero-order valence-electron chi connectivity index (χ0n) is 11.6. The monoisotopic (exact) mass is 296 g/mol. The van der Waals surface area contributed by atoms with E-state index in [1.807, 2.05) is 0 Å². The summed E-state index contributed by atoms with van der Waals surface area (Å²) in [6, 6.07) is 3.97. The molecule has 1 heterocycles. The first-order valence-electron chi connectivity index (χ1n) is 6.59. The SMILES string of the molecule is C=CCN1C(=O)N(c2cc(F)ccc2Cl)CC1C(C)C. The van der Waals surface area contributed by atoms with E-state index in [2.05, 4.69) is 20.4 Å². The third-order valence-electron chi connectivity index (χ3n) is 3.54. The van der Waals surface area contributed by atoms with Crippen LogP contribution in [0.4, 0.5) is 14.9 Å². The van der Waals surface area contributed by atoms with Crippen LogP contribution in [-0.4, -0.2) is 30.1 Å². The molecule has 0 saturated carbocycles. The molecular weight excluding hydrogens is 279 g/mol. The molecule has 0 bridgehead atoms. The van der Waals surface area contributed by atoms with Gasteiger partial charge in [0.15, 0.2) is 0 Å². The van der Waals surface area contributed by atoms with Crippen molar-refractivity contribution in [1.82, 2.24) is 4.90 Å². The summed E-state index contributed by atoms with van der Waals surface area (Å²) in [6.45, 7) is 8.79. The first-order valence-corrected chi connectivity index (χ1v) is 6.97. The summed E-state index contributed by atoms with van der Waals surface area (Å²) >= 11 is 6.09. The van der Waals surface area contributed by atoms with E-state index in [4.69, 9.17) is 11.6 Å². The van der Waals surface area contributed by atoms with Crippen molar-refractivity contribution in [2.45, 2.75) is 19.9 Å². The van der Waals surface area contributed by atoms with Gasteiger partial charge in [0.2, 0.25) is 0 Å². The van der Waals surface area contributed by atoms with Gasteiger partial charge in [0.05, 0.1) is 16.8 Å². The quantitative estimate of drug-likeness (QED) is 0.772. The van der Waals surface area contributed by atoms with E-state index in [0.717, 1.165) is 0 Å². The normalized spacial score (nSPS) is 19.1. The second-order valence-corrected chi connectivity index (χ2v) is 5.65. The second kappa shape index (κ2) is 5.83. The van der Waals surface area contributed by atoms with E-state index >= 15 is 0 Å². The van der Waals surface area contributed by atoms with E-state index in [9.17, 15) is 9.18 Å². The van der Waals surface area contributed by atoms with Gasteiger partial charge in [0.25, 0.3) is 0 Å². The minimum Gasteiger partial charge on any atom is -0.316 e. The fourth-order valence-electron chi connectivity index (χ4n) is 2.48. The number of amides is 2. The molecule has 0 N–H and O–H groups in total. The Hall–Kier alpha value is -1.55. The highest BCUT2D eigenvalue weighted by molar-refractivity contribution is 6.33. The summed E-state index contributed by atoms with van der Waals surface area (Å²) in [7, 11) is 0. The molecule has 1 unspecified atom stereocenters. The smallest absolute Gasteiger partial charge is 0.316 e. The Balaban J connectivity index is 2.36. The minimum absolute atomic E-state index is 0.0693. The van der Waals surface area contributed by atoms with Crippen molar-refractivity contribution in [2.75, 3.05) is 18.0 Å². The number of hydrogen-bond acceptors (Lipinski definition) is 1. The number of carbonyl (C=O) groups is 1. The van der Waals surface area contributed by atoms with E-state index in [1.54, 1.807) is 15.9 Å². The summed E-state index contributed by atoms with van der Waals surface area (Å²) in [6.07, 6.45) is 1.70. The number of nitrogens with zero attached hydrogens (tertiary/aromatic N) is 2. The van der Waals surface area contributed by atoms with Crippen molar-refractivity contribution < 1.29 is 9.18 Å². The van der Waals surface area contributed by atoms with Gasteiger partial charge in [-0.3, -0.25) is 4.90 Å².